The highest BCUT2D eigenvalue weighted by Gasteiger charge is 2.56. The SMILES string of the molecule is C=CC[C@@H]1/C=C(\C)C[C@H](C)C[C@H](OC)[C@H]2O[C@@](O)(C(=O)C(=O)N3CCCC[C@H]3C(=O)O[C@H]([C@@H](C)[C@@H](O)/C(C)=C/[C@@H]3CC[C@@H](O)[C@H](OC)C3)CC1=O)[C@H](C)C[C@@H]2OC. The van der Waals surface area contributed by atoms with Gasteiger partial charge in [-0.1, -0.05) is 44.6 Å². The summed E-state index contributed by atoms with van der Waals surface area (Å²) in [6, 6.07) is -1.17. The summed E-state index contributed by atoms with van der Waals surface area (Å²) in [6.45, 7) is 13.1. The molecule has 322 valence electrons. The number of ether oxygens (including phenoxy) is 5. The smallest absolute Gasteiger partial charge is 0.329 e. The molecule has 1 amide bonds. The first-order chi connectivity index (χ1) is 27.0. The van der Waals surface area contributed by atoms with Gasteiger partial charge in [-0.25, -0.2) is 4.79 Å². The van der Waals surface area contributed by atoms with Crippen LogP contribution in [0.3, 0.4) is 0 Å². The van der Waals surface area contributed by atoms with Gasteiger partial charge in [0, 0.05) is 52.0 Å². The number of aliphatic hydroxyl groups excluding tert-OH is 2. The maximum absolute atomic E-state index is 14.3. The van der Waals surface area contributed by atoms with Crippen molar-refractivity contribution in [3.63, 3.8) is 0 Å². The summed E-state index contributed by atoms with van der Waals surface area (Å²) in [5.74, 6) is -7.80. The number of Topliss-reactive ketones (excluding diaryl/α,β-unsaturated/α-hetero) is 2. The van der Waals surface area contributed by atoms with E-state index < -0.39 is 83.9 Å². The lowest BCUT2D eigenvalue weighted by atomic mass is 9.81. The van der Waals surface area contributed by atoms with E-state index in [-0.39, 0.29) is 49.5 Å². The predicted molar refractivity (Wildman–Crippen MR) is 213 cm³/mol. The van der Waals surface area contributed by atoms with Crippen LogP contribution in [0.5, 0.6) is 0 Å². The van der Waals surface area contributed by atoms with Crippen LogP contribution in [0.4, 0.5) is 0 Å². The molecule has 13 nitrogen and oxygen atoms in total. The minimum atomic E-state index is -2.50. The molecule has 2 saturated heterocycles. The molecule has 2 bridgehead atoms. The molecule has 1 aliphatic carbocycles. The minimum Gasteiger partial charge on any atom is -0.460 e. The van der Waals surface area contributed by atoms with Gasteiger partial charge in [-0.15, -0.1) is 6.58 Å². The standard InChI is InChI=1S/C44H69NO12/c1-10-13-31-19-25(2)18-26(3)20-37(54-8)40-38(55-9)22-28(5)44(52,57-40)41(49)42(50)45-17-12-11-14-32(45)43(51)56-35(24-34(31)47)29(6)39(48)27(4)21-30-15-16-33(46)36(23-30)53-7/h10,19,21,26,28-33,35-40,46,48,52H,1,11-18,20,22-24H2,2-9H3/b25-19+,27-21+/t26-,28+,29+,30-,31+,32-,33+,35-,36+,37-,38-,39-,40+,44+/m0/s1. The molecule has 3 fully saturated rings. The Balaban J connectivity index is 1.74. The number of carbonyl (C=O) groups is 4. The molecule has 3 N–H and O–H groups in total. The zero-order valence-corrected chi connectivity index (χ0v) is 35.4. The Morgan fingerprint density at radius 2 is 1.67 bits per heavy atom. The van der Waals surface area contributed by atoms with Crippen LogP contribution in [0.1, 0.15) is 105 Å². The Morgan fingerprint density at radius 3 is 2.32 bits per heavy atom. The molecule has 0 aromatic rings. The molecule has 4 rings (SSSR count). The number of rotatable bonds is 9. The molecular weight excluding hydrogens is 734 g/mol. The summed E-state index contributed by atoms with van der Waals surface area (Å²) >= 11 is 0. The molecule has 1 saturated carbocycles. The highest BCUT2D eigenvalue weighted by molar-refractivity contribution is 6.39. The molecule has 4 aliphatic rings. The van der Waals surface area contributed by atoms with Crippen molar-refractivity contribution in [2.24, 2.45) is 29.6 Å². The molecule has 0 radical (unpaired) electrons. The Labute approximate surface area is 339 Å². The highest BCUT2D eigenvalue weighted by Crippen LogP contribution is 2.39. The summed E-state index contributed by atoms with van der Waals surface area (Å²) in [7, 11) is 4.63. The van der Waals surface area contributed by atoms with E-state index in [1.807, 2.05) is 26.0 Å². The number of hydrogen-bond donors (Lipinski definition) is 3. The van der Waals surface area contributed by atoms with Gasteiger partial charge in [-0.2, -0.15) is 0 Å². The van der Waals surface area contributed by atoms with E-state index in [9.17, 15) is 34.5 Å². The van der Waals surface area contributed by atoms with Crippen molar-refractivity contribution in [2.75, 3.05) is 27.9 Å². The number of hydrogen-bond acceptors (Lipinski definition) is 12. The lowest BCUT2D eigenvalue weighted by molar-refractivity contribution is -0.302. The van der Waals surface area contributed by atoms with Crippen molar-refractivity contribution in [3.05, 3.63) is 36.0 Å². The molecule has 3 aliphatic heterocycles. The normalized spacial score (nSPS) is 39.1. The van der Waals surface area contributed by atoms with Gasteiger partial charge in [-0.05, 0) is 95.5 Å². The van der Waals surface area contributed by atoms with E-state index in [1.54, 1.807) is 34.0 Å². The van der Waals surface area contributed by atoms with E-state index in [1.165, 1.54) is 14.2 Å². The van der Waals surface area contributed by atoms with Gasteiger partial charge in [0.05, 0.1) is 30.5 Å². The van der Waals surface area contributed by atoms with Crippen molar-refractivity contribution in [1.29, 1.82) is 0 Å². The monoisotopic (exact) mass is 803 g/mol. The highest BCUT2D eigenvalue weighted by atomic mass is 16.7. The number of fused-ring (bicyclic) bond motifs is 3. The average Bonchev–Trinajstić information content (AvgIpc) is 3.19. The predicted octanol–water partition coefficient (Wildman–Crippen LogP) is 4.64. The molecule has 3 heterocycles. The van der Waals surface area contributed by atoms with Crippen molar-refractivity contribution in [3.8, 4) is 0 Å². The first-order valence-corrected chi connectivity index (χ1v) is 20.9. The first-order valence-electron chi connectivity index (χ1n) is 20.9. The van der Waals surface area contributed by atoms with E-state index in [0.717, 1.165) is 10.5 Å². The number of esters is 1. The second-order valence-corrected chi connectivity index (χ2v) is 17.3. The number of ketones is 2. The van der Waals surface area contributed by atoms with Crippen molar-refractivity contribution in [2.45, 2.75) is 160 Å². The van der Waals surface area contributed by atoms with Crippen LogP contribution in [0, 0.1) is 29.6 Å². The van der Waals surface area contributed by atoms with Crippen molar-refractivity contribution < 1.29 is 58.2 Å². The topological polar surface area (TPSA) is 178 Å². The number of cyclic esters (lactones) is 1. The van der Waals surface area contributed by atoms with Gasteiger partial charge >= 0.3 is 5.97 Å². The van der Waals surface area contributed by atoms with Crippen LogP contribution in [-0.2, 0) is 42.9 Å². The molecule has 0 unspecified atom stereocenters. The summed E-state index contributed by atoms with van der Waals surface area (Å²) in [6.07, 6.45) is 5.10. The van der Waals surface area contributed by atoms with Crippen LogP contribution in [-0.4, -0.2) is 126 Å². The van der Waals surface area contributed by atoms with E-state index >= 15 is 0 Å². The first kappa shape index (κ1) is 46.9. The zero-order chi connectivity index (χ0) is 42.2. The summed E-state index contributed by atoms with van der Waals surface area (Å²) < 4.78 is 29.6. The fraction of sp³-hybridized carbons (Fsp3) is 0.773. The van der Waals surface area contributed by atoms with Crippen LogP contribution >= 0.6 is 0 Å². The number of aliphatic hydroxyl groups is 3. The molecule has 0 aromatic carbocycles. The number of nitrogens with zero attached hydrogens (tertiary/aromatic N) is 1. The van der Waals surface area contributed by atoms with E-state index in [0.29, 0.717) is 56.9 Å². The maximum Gasteiger partial charge on any atom is 0.329 e. The molecule has 0 spiro atoms. The number of methoxy groups -OCH3 is 3. The molecule has 0 aromatic heterocycles. The number of allylic oxidation sites excluding steroid dienone is 4. The molecule has 14 atom stereocenters. The van der Waals surface area contributed by atoms with Gasteiger partial charge in [0.1, 0.15) is 24.0 Å². The van der Waals surface area contributed by atoms with Gasteiger partial charge < -0.3 is 43.9 Å². The second-order valence-electron chi connectivity index (χ2n) is 17.3. The fourth-order valence-electron chi connectivity index (χ4n) is 9.40. The van der Waals surface area contributed by atoms with Crippen molar-refractivity contribution >= 4 is 23.4 Å². The van der Waals surface area contributed by atoms with Crippen LogP contribution < -0.4 is 0 Å². The van der Waals surface area contributed by atoms with E-state index in [2.05, 4.69) is 6.58 Å². The Kier molecular flexibility index (Phi) is 17.2. The summed E-state index contributed by atoms with van der Waals surface area (Å²) in [5.41, 5.74) is 1.60. The minimum absolute atomic E-state index is 0.0120. The maximum atomic E-state index is 14.3. The number of amides is 1. The van der Waals surface area contributed by atoms with Crippen LogP contribution in [0.25, 0.3) is 0 Å². The Bertz CT molecular complexity index is 1480. The third kappa shape index (κ3) is 11.3. The second kappa shape index (κ2) is 21.0. The van der Waals surface area contributed by atoms with Gasteiger partial charge in [-0.3, -0.25) is 14.4 Å². The van der Waals surface area contributed by atoms with Gasteiger partial charge in [0.2, 0.25) is 5.79 Å². The van der Waals surface area contributed by atoms with E-state index in [4.69, 9.17) is 23.7 Å². The largest absolute Gasteiger partial charge is 0.460 e. The Hall–Kier alpha value is -2.78. The Morgan fingerprint density at radius 1 is 1.00 bits per heavy atom. The average molecular weight is 804 g/mol. The molecule has 13 heteroatoms. The number of carbonyl (C=O) groups excluding carboxylic acids is 4. The van der Waals surface area contributed by atoms with Gasteiger partial charge in [0.25, 0.3) is 11.7 Å². The third-order valence-corrected chi connectivity index (χ3v) is 12.9. The molecular formula is C44H69NO12. The summed E-state index contributed by atoms with van der Waals surface area (Å²) in [4.78, 5) is 58.0. The van der Waals surface area contributed by atoms with Crippen molar-refractivity contribution in [1.82, 2.24) is 4.90 Å². The third-order valence-electron chi connectivity index (χ3n) is 12.9. The lowest BCUT2D eigenvalue weighted by Gasteiger charge is -2.47. The molecule has 57 heavy (non-hydrogen) atoms. The van der Waals surface area contributed by atoms with Crippen LogP contribution in [0.15, 0.2) is 36.0 Å². The quantitative estimate of drug-likeness (QED) is 0.168. The fourth-order valence-corrected chi connectivity index (χ4v) is 9.40. The van der Waals surface area contributed by atoms with Crippen LogP contribution in [0.2, 0.25) is 0 Å². The zero-order valence-electron chi connectivity index (χ0n) is 35.4. The number of piperidine rings is 1. The summed E-state index contributed by atoms with van der Waals surface area (Å²) in [5, 5.41) is 34.0. The van der Waals surface area contributed by atoms with Gasteiger partial charge in [0.15, 0.2) is 0 Å². The lowest BCUT2D eigenvalue weighted by Crippen LogP contribution is -2.64.